The van der Waals surface area contributed by atoms with Gasteiger partial charge in [-0.25, -0.2) is 0 Å². The van der Waals surface area contributed by atoms with Crippen molar-refractivity contribution in [3.63, 3.8) is 0 Å². The van der Waals surface area contributed by atoms with E-state index in [1.54, 1.807) is 0 Å². The first-order chi connectivity index (χ1) is 12.9. The van der Waals surface area contributed by atoms with E-state index >= 15 is 0 Å². The molecule has 1 N–H and O–H groups in total. The Morgan fingerprint density at radius 3 is 2.59 bits per heavy atom. The molecule has 2 saturated carbocycles. The van der Waals surface area contributed by atoms with Crippen LogP contribution in [0.15, 0.2) is 12.7 Å². The number of rotatable bonds is 5. The Kier molecular flexibility index (Phi) is 6.88. The molecule has 1 aliphatic heterocycles. The van der Waals surface area contributed by atoms with Crippen LogP contribution in [-0.4, -0.2) is 42.2 Å². The van der Waals surface area contributed by atoms with Gasteiger partial charge in [-0.15, -0.1) is 0 Å². The number of piperidine rings is 1. The van der Waals surface area contributed by atoms with E-state index in [9.17, 15) is 18.0 Å². The zero-order chi connectivity index (χ0) is 19.4. The van der Waals surface area contributed by atoms with E-state index in [0.29, 0.717) is 24.9 Å². The van der Waals surface area contributed by atoms with Gasteiger partial charge >= 0.3 is 6.18 Å². The smallest absolute Gasteiger partial charge is 0.351 e. The lowest BCUT2D eigenvalue weighted by molar-refractivity contribution is -0.186. The largest absolute Gasteiger partial charge is 0.391 e. The molecule has 2 aliphatic carbocycles. The average Bonchev–Trinajstić information content (AvgIpc) is 2.66. The fraction of sp³-hybridized carbons (Fsp3) is 0.857. The van der Waals surface area contributed by atoms with Crippen molar-refractivity contribution < 1.29 is 18.0 Å². The number of amides is 1. The second-order valence-electron chi connectivity index (χ2n) is 8.76. The number of hydrogen-bond acceptors (Lipinski definition) is 2. The van der Waals surface area contributed by atoms with Crippen molar-refractivity contribution >= 4 is 5.91 Å². The first-order valence-electron chi connectivity index (χ1n) is 10.6. The van der Waals surface area contributed by atoms with Crippen molar-refractivity contribution in [2.45, 2.75) is 82.5 Å². The summed E-state index contributed by atoms with van der Waals surface area (Å²) >= 11 is 0. The average molecular weight is 387 g/mol. The van der Waals surface area contributed by atoms with Crippen LogP contribution >= 0.6 is 0 Å². The van der Waals surface area contributed by atoms with Gasteiger partial charge in [-0.05, 0) is 62.9 Å². The number of alkyl halides is 3. The lowest BCUT2D eigenvalue weighted by atomic mass is 9.74. The normalized spacial score (nSPS) is 35.3. The van der Waals surface area contributed by atoms with Gasteiger partial charge in [-0.2, -0.15) is 13.2 Å². The second kappa shape index (κ2) is 8.97. The minimum atomic E-state index is -4.06. The van der Waals surface area contributed by atoms with Gasteiger partial charge in [-0.1, -0.05) is 25.8 Å². The van der Waals surface area contributed by atoms with E-state index < -0.39 is 12.1 Å². The van der Waals surface area contributed by atoms with E-state index in [1.165, 1.54) is 31.8 Å². The number of nitrogens with zero attached hydrogens (tertiary/aromatic N) is 1. The quantitative estimate of drug-likeness (QED) is 0.696. The van der Waals surface area contributed by atoms with Crippen molar-refractivity contribution in [1.29, 1.82) is 0 Å². The van der Waals surface area contributed by atoms with Gasteiger partial charge in [0.1, 0.15) is 0 Å². The monoisotopic (exact) mass is 386 g/mol. The Morgan fingerprint density at radius 2 is 1.85 bits per heavy atom. The van der Waals surface area contributed by atoms with Crippen LogP contribution in [0.1, 0.15) is 64.2 Å². The van der Waals surface area contributed by atoms with E-state index in [2.05, 4.69) is 16.8 Å². The van der Waals surface area contributed by atoms with Gasteiger partial charge in [0.15, 0.2) is 0 Å². The van der Waals surface area contributed by atoms with Crippen LogP contribution in [0, 0.1) is 17.8 Å². The molecule has 27 heavy (non-hydrogen) atoms. The fourth-order valence-corrected chi connectivity index (χ4v) is 5.65. The van der Waals surface area contributed by atoms with Gasteiger partial charge < -0.3 is 5.32 Å². The van der Waals surface area contributed by atoms with Crippen LogP contribution in [-0.2, 0) is 4.79 Å². The van der Waals surface area contributed by atoms with Crippen LogP contribution in [0.4, 0.5) is 13.2 Å². The Bertz CT molecular complexity index is 522. The van der Waals surface area contributed by atoms with Gasteiger partial charge in [0, 0.05) is 25.2 Å². The molecule has 154 valence electrons. The summed E-state index contributed by atoms with van der Waals surface area (Å²) in [6, 6.07) is 0.712. The summed E-state index contributed by atoms with van der Waals surface area (Å²) in [6.45, 7) is 4.83. The summed E-state index contributed by atoms with van der Waals surface area (Å²) in [6.07, 6.45) is 6.39. The summed E-state index contributed by atoms with van der Waals surface area (Å²) in [5, 5.41) is 2.92. The third-order valence-corrected chi connectivity index (χ3v) is 7.05. The molecule has 0 bridgehead atoms. The Hall–Kier alpha value is -1.04. The minimum absolute atomic E-state index is 0.114. The zero-order valence-corrected chi connectivity index (χ0v) is 16.1. The predicted molar refractivity (Wildman–Crippen MR) is 100 cm³/mol. The SMILES string of the molecule is C=CC(=O)NCC1CCC2CCCCC2N1CC1CCCC(C(F)(F)F)C1. The molecule has 3 nitrogen and oxygen atoms in total. The van der Waals surface area contributed by atoms with Crippen molar-refractivity contribution in [2.75, 3.05) is 13.1 Å². The van der Waals surface area contributed by atoms with Crippen molar-refractivity contribution in [2.24, 2.45) is 17.8 Å². The van der Waals surface area contributed by atoms with Gasteiger partial charge in [0.05, 0.1) is 5.92 Å². The van der Waals surface area contributed by atoms with E-state index in [-0.39, 0.29) is 30.7 Å². The molecule has 0 aromatic heterocycles. The molecule has 0 aromatic rings. The topological polar surface area (TPSA) is 32.3 Å². The lowest BCUT2D eigenvalue weighted by Crippen LogP contribution is -2.57. The van der Waals surface area contributed by atoms with E-state index in [0.717, 1.165) is 25.8 Å². The summed E-state index contributed by atoms with van der Waals surface area (Å²) in [5.74, 6) is -0.520. The van der Waals surface area contributed by atoms with Crippen LogP contribution in [0.2, 0.25) is 0 Å². The Balaban J connectivity index is 1.68. The number of nitrogens with one attached hydrogen (secondary N) is 1. The maximum atomic E-state index is 13.2. The molecule has 5 unspecified atom stereocenters. The highest BCUT2D eigenvalue weighted by atomic mass is 19.4. The number of halogens is 3. The third-order valence-electron chi connectivity index (χ3n) is 7.05. The number of carbonyl (C=O) groups is 1. The molecule has 0 radical (unpaired) electrons. The molecule has 3 aliphatic rings. The third kappa shape index (κ3) is 5.27. The maximum absolute atomic E-state index is 13.2. The predicted octanol–water partition coefficient (Wildman–Crippen LogP) is 4.68. The molecule has 5 atom stereocenters. The fourth-order valence-electron chi connectivity index (χ4n) is 5.65. The Labute approximate surface area is 160 Å². The van der Waals surface area contributed by atoms with Crippen LogP contribution in [0.5, 0.6) is 0 Å². The van der Waals surface area contributed by atoms with Gasteiger partial charge in [0.25, 0.3) is 0 Å². The molecule has 0 aromatic carbocycles. The summed E-state index contributed by atoms with van der Waals surface area (Å²) in [4.78, 5) is 14.1. The first kappa shape index (κ1) is 20.7. The van der Waals surface area contributed by atoms with Crippen LogP contribution in [0.3, 0.4) is 0 Å². The van der Waals surface area contributed by atoms with Gasteiger partial charge in [-0.3, -0.25) is 9.69 Å². The molecular formula is C21H33F3N2O. The van der Waals surface area contributed by atoms with Crippen LogP contribution in [0.25, 0.3) is 0 Å². The maximum Gasteiger partial charge on any atom is 0.391 e. The highest BCUT2D eigenvalue weighted by molar-refractivity contribution is 5.86. The van der Waals surface area contributed by atoms with Crippen molar-refractivity contribution in [3.8, 4) is 0 Å². The first-order valence-corrected chi connectivity index (χ1v) is 10.6. The van der Waals surface area contributed by atoms with Crippen molar-refractivity contribution in [3.05, 3.63) is 12.7 Å². The Morgan fingerprint density at radius 1 is 1.07 bits per heavy atom. The number of likely N-dealkylation sites (tertiary alicyclic amines) is 1. The standard InChI is InChI=1S/C21H33F3N2O/c1-2-20(27)25-13-18-11-10-16-7-3-4-9-19(16)26(18)14-15-6-5-8-17(12-15)21(22,23)24/h2,15-19H,1,3-14H2,(H,25,27). The lowest BCUT2D eigenvalue weighted by Gasteiger charge is -2.50. The molecule has 3 rings (SSSR count). The number of carbonyl (C=O) groups excluding carboxylic acids is 1. The summed E-state index contributed by atoms with van der Waals surface area (Å²) < 4.78 is 39.6. The van der Waals surface area contributed by atoms with E-state index in [4.69, 9.17) is 0 Å². The molecule has 1 heterocycles. The summed E-state index contributed by atoms with van der Waals surface area (Å²) in [5.41, 5.74) is 0. The number of fused-ring (bicyclic) bond motifs is 1. The number of hydrogen-bond donors (Lipinski definition) is 1. The second-order valence-corrected chi connectivity index (χ2v) is 8.76. The van der Waals surface area contributed by atoms with E-state index in [1.807, 2.05) is 0 Å². The van der Waals surface area contributed by atoms with Gasteiger partial charge in [0.2, 0.25) is 5.91 Å². The highest BCUT2D eigenvalue weighted by Gasteiger charge is 2.44. The minimum Gasteiger partial charge on any atom is -0.351 e. The zero-order valence-electron chi connectivity index (χ0n) is 16.1. The molecule has 1 saturated heterocycles. The molecule has 6 heteroatoms. The molecule has 1 amide bonds. The molecule has 3 fully saturated rings. The highest BCUT2D eigenvalue weighted by Crippen LogP contribution is 2.43. The molecular weight excluding hydrogens is 353 g/mol. The summed E-state index contributed by atoms with van der Waals surface area (Å²) in [7, 11) is 0. The molecule has 0 spiro atoms. The van der Waals surface area contributed by atoms with Crippen LogP contribution < -0.4 is 5.32 Å². The van der Waals surface area contributed by atoms with Crippen molar-refractivity contribution in [1.82, 2.24) is 10.2 Å².